The summed E-state index contributed by atoms with van der Waals surface area (Å²) in [4.78, 5) is 14.6. The quantitative estimate of drug-likeness (QED) is 0.260. The molecule has 1 aliphatic heterocycles. The summed E-state index contributed by atoms with van der Waals surface area (Å²) >= 11 is 0. The molecule has 2 fully saturated rings. The Morgan fingerprint density at radius 1 is 1.07 bits per heavy atom. The molecular formula is C35H47FN4O2. The molecule has 1 saturated heterocycles. The van der Waals surface area contributed by atoms with E-state index < -0.39 is 12.0 Å². The van der Waals surface area contributed by atoms with E-state index in [2.05, 4.69) is 58.2 Å². The molecule has 5 atom stereocenters. The fourth-order valence-electron chi connectivity index (χ4n) is 7.28. The molecule has 5 rings (SSSR count). The first kappa shape index (κ1) is 30.4. The molecule has 0 radical (unpaired) electrons. The third kappa shape index (κ3) is 7.30. The number of aliphatic carboxylic acids is 1. The average Bonchev–Trinajstić information content (AvgIpc) is 3.60. The lowest BCUT2D eigenvalue weighted by Gasteiger charge is -2.35. The Morgan fingerprint density at radius 3 is 2.50 bits per heavy atom. The maximum absolute atomic E-state index is 14.3. The summed E-state index contributed by atoms with van der Waals surface area (Å²) in [6.07, 6.45) is 5.62. The second-order valence-electron chi connectivity index (χ2n) is 12.6. The summed E-state index contributed by atoms with van der Waals surface area (Å²) in [6.45, 7) is 10.1. The highest BCUT2D eigenvalue weighted by Gasteiger charge is 2.39. The van der Waals surface area contributed by atoms with Crippen molar-refractivity contribution in [1.82, 2.24) is 20.0 Å². The maximum Gasteiger partial charge on any atom is 0.320 e. The van der Waals surface area contributed by atoms with Crippen LogP contribution in [0.15, 0.2) is 60.7 Å². The van der Waals surface area contributed by atoms with Crippen LogP contribution in [0.5, 0.6) is 0 Å². The van der Waals surface area contributed by atoms with Gasteiger partial charge in [-0.15, -0.1) is 0 Å². The maximum atomic E-state index is 14.3. The van der Waals surface area contributed by atoms with Crippen LogP contribution in [-0.2, 0) is 17.8 Å². The SMILES string of the molecule is CC[C@@H](C)[C@@H](NC1CC(CN2CCC(c3cc(Cc4ccccc4)nn3CC)CC2)C(c2cccc(F)c2)C1)C(=O)O. The number of aryl methyl sites for hydroxylation is 1. The van der Waals surface area contributed by atoms with E-state index in [1.807, 2.05) is 19.9 Å². The van der Waals surface area contributed by atoms with Crippen LogP contribution in [0, 0.1) is 17.7 Å². The number of carboxylic acids is 1. The van der Waals surface area contributed by atoms with Gasteiger partial charge in [0.25, 0.3) is 0 Å². The predicted molar refractivity (Wildman–Crippen MR) is 165 cm³/mol. The smallest absolute Gasteiger partial charge is 0.320 e. The van der Waals surface area contributed by atoms with Crippen molar-refractivity contribution >= 4 is 5.97 Å². The molecule has 3 unspecified atom stereocenters. The van der Waals surface area contributed by atoms with Gasteiger partial charge in [0, 0.05) is 37.2 Å². The minimum Gasteiger partial charge on any atom is -0.480 e. The van der Waals surface area contributed by atoms with E-state index in [0.29, 0.717) is 11.8 Å². The van der Waals surface area contributed by atoms with Crippen molar-refractivity contribution in [3.8, 4) is 0 Å². The fourth-order valence-corrected chi connectivity index (χ4v) is 7.28. The summed E-state index contributed by atoms with van der Waals surface area (Å²) in [6, 6.07) is 19.4. The van der Waals surface area contributed by atoms with E-state index in [1.165, 1.54) is 17.3 Å². The fraction of sp³-hybridized carbons (Fsp3) is 0.543. The third-order valence-electron chi connectivity index (χ3n) is 9.75. The molecule has 2 aromatic carbocycles. The number of rotatable bonds is 12. The van der Waals surface area contributed by atoms with Crippen LogP contribution in [0.25, 0.3) is 0 Å². The summed E-state index contributed by atoms with van der Waals surface area (Å²) in [5, 5.41) is 18.3. The van der Waals surface area contributed by atoms with Gasteiger partial charge in [-0.05, 0) is 92.8 Å². The highest BCUT2D eigenvalue weighted by molar-refractivity contribution is 5.73. The van der Waals surface area contributed by atoms with Crippen LogP contribution in [0.4, 0.5) is 4.39 Å². The van der Waals surface area contributed by atoms with E-state index in [-0.39, 0.29) is 23.7 Å². The number of hydrogen-bond donors (Lipinski definition) is 2. The molecule has 1 saturated carbocycles. The first-order chi connectivity index (χ1) is 20.3. The zero-order chi connectivity index (χ0) is 29.6. The number of carbonyl (C=O) groups is 1. The number of hydrogen-bond acceptors (Lipinski definition) is 4. The molecule has 1 aromatic heterocycles. The van der Waals surface area contributed by atoms with Gasteiger partial charge in [-0.25, -0.2) is 4.39 Å². The zero-order valence-electron chi connectivity index (χ0n) is 25.4. The van der Waals surface area contributed by atoms with Gasteiger partial charge in [0.15, 0.2) is 0 Å². The minimum atomic E-state index is -0.782. The number of halogens is 1. The van der Waals surface area contributed by atoms with Crippen LogP contribution in [-0.4, -0.2) is 57.5 Å². The van der Waals surface area contributed by atoms with Crippen LogP contribution in [0.3, 0.4) is 0 Å². The average molecular weight is 575 g/mol. The monoisotopic (exact) mass is 574 g/mol. The van der Waals surface area contributed by atoms with Gasteiger partial charge in [-0.1, -0.05) is 62.7 Å². The van der Waals surface area contributed by atoms with Crippen molar-refractivity contribution in [2.24, 2.45) is 11.8 Å². The van der Waals surface area contributed by atoms with Crippen LogP contribution in [0.2, 0.25) is 0 Å². The van der Waals surface area contributed by atoms with Gasteiger partial charge in [0.1, 0.15) is 11.9 Å². The Morgan fingerprint density at radius 2 is 1.83 bits per heavy atom. The molecule has 2 heterocycles. The highest BCUT2D eigenvalue weighted by atomic mass is 19.1. The standard InChI is InChI=1S/C35H47FN4O2/c1-4-24(3)34(35(41)42)37-30-20-28(32(21-30)27-12-9-13-29(36)19-27)23-39-16-14-26(15-17-39)33-22-31(38-40(33)5-2)18-25-10-7-6-8-11-25/h6-13,19,22,24,26,28,30,32,34,37H,4-5,14-18,20-21,23H2,1-3H3,(H,41,42)/t24-,28?,30?,32?,34-/m1/s1. The molecule has 0 spiro atoms. The topological polar surface area (TPSA) is 70.4 Å². The Bertz CT molecular complexity index is 1300. The number of benzene rings is 2. The van der Waals surface area contributed by atoms with Gasteiger partial charge < -0.3 is 15.3 Å². The lowest BCUT2D eigenvalue weighted by molar-refractivity contribution is -0.141. The van der Waals surface area contributed by atoms with Crippen molar-refractivity contribution in [3.05, 3.63) is 89.0 Å². The van der Waals surface area contributed by atoms with E-state index >= 15 is 0 Å². The lowest BCUT2D eigenvalue weighted by Crippen LogP contribution is -2.46. The summed E-state index contributed by atoms with van der Waals surface area (Å²) < 4.78 is 16.4. The molecule has 3 aromatic rings. The zero-order valence-corrected chi connectivity index (χ0v) is 25.4. The van der Waals surface area contributed by atoms with Crippen molar-refractivity contribution in [1.29, 1.82) is 0 Å². The first-order valence-corrected chi connectivity index (χ1v) is 15.9. The molecule has 226 valence electrons. The van der Waals surface area contributed by atoms with Crippen LogP contribution >= 0.6 is 0 Å². The molecule has 0 amide bonds. The first-order valence-electron chi connectivity index (χ1n) is 15.9. The van der Waals surface area contributed by atoms with Crippen LogP contribution < -0.4 is 5.32 Å². The number of likely N-dealkylation sites (tertiary alicyclic amines) is 1. The van der Waals surface area contributed by atoms with Crippen molar-refractivity contribution in [2.45, 2.75) is 89.8 Å². The molecule has 6 nitrogen and oxygen atoms in total. The second-order valence-corrected chi connectivity index (χ2v) is 12.6. The van der Waals surface area contributed by atoms with E-state index in [1.54, 1.807) is 12.1 Å². The number of aromatic nitrogens is 2. The molecule has 2 aliphatic rings. The Balaban J connectivity index is 1.24. The van der Waals surface area contributed by atoms with E-state index in [4.69, 9.17) is 5.10 Å². The van der Waals surface area contributed by atoms with Crippen molar-refractivity contribution in [3.63, 3.8) is 0 Å². The van der Waals surface area contributed by atoms with Gasteiger partial charge in [-0.3, -0.25) is 9.48 Å². The van der Waals surface area contributed by atoms with Gasteiger partial charge >= 0.3 is 5.97 Å². The number of nitrogens with zero attached hydrogens (tertiary/aromatic N) is 3. The number of nitrogens with one attached hydrogen (secondary N) is 1. The number of piperidine rings is 1. The Labute approximate surface area is 250 Å². The highest BCUT2D eigenvalue weighted by Crippen LogP contribution is 2.42. The summed E-state index contributed by atoms with van der Waals surface area (Å²) in [5.74, 6) is 0.136. The molecule has 0 bridgehead atoms. The molecule has 7 heteroatoms. The molecule has 2 N–H and O–H groups in total. The van der Waals surface area contributed by atoms with Gasteiger partial charge in [0.05, 0.1) is 5.69 Å². The van der Waals surface area contributed by atoms with Gasteiger partial charge in [0.2, 0.25) is 0 Å². The normalized spacial score (nSPS) is 23.2. The summed E-state index contributed by atoms with van der Waals surface area (Å²) in [7, 11) is 0. The Kier molecular flexibility index (Phi) is 10.1. The van der Waals surface area contributed by atoms with E-state index in [0.717, 1.165) is 76.0 Å². The Hall–Kier alpha value is -3.03. The lowest BCUT2D eigenvalue weighted by atomic mass is 9.87. The minimum absolute atomic E-state index is 0.0537. The molecule has 1 aliphatic carbocycles. The second kappa shape index (κ2) is 14.0. The number of carboxylic acid groups (broad SMARTS) is 1. The third-order valence-corrected chi connectivity index (χ3v) is 9.75. The predicted octanol–water partition coefficient (Wildman–Crippen LogP) is 6.46. The van der Waals surface area contributed by atoms with Crippen molar-refractivity contribution < 1.29 is 14.3 Å². The van der Waals surface area contributed by atoms with Crippen LogP contribution in [0.1, 0.15) is 87.2 Å². The summed E-state index contributed by atoms with van der Waals surface area (Å²) in [5.41, 5.74) is 4.82. The van der Waals surface area contributed by atoms with Crippen molar-refractivity contribution in [2.75, 3.05) is 19.6 Å². The van der Waals surface area contributed by atoms with E-state index in [9.17, 15) is 14.3 Å². The largest absolute Gasteiger partial charge is 0.480 e. The van der Waals surface area contributed by atoms with Gasteiger partial charge in [-0.2, -0.15) is 5.10 Å². The molecular weight excluding hydrogens is 527 g/mol. The molecule has 42 heavy (non-hydrogen) atoms.